The van der Waals surface area contributed by atoms with Gasteiger partial charge < -0.3 is 14.9 Å². The van der Waals surface area contributed by atoms with E-state index in [9.17, 15) is 27.5 Å². The number of aliphatic carboxylic acids is 1. The molecule has 28 heavy (non-hydrogen) atoms. The average Bonchev–Trinajstić information content (AvgIpc) is 2.66. The van der Waals surface area contributed by atoms with E-state index in [0.29, 0.717) is 12.2 Å². The van der Waals surface area contributed by atoms with Gasteiger partial charge in [-0.15, -0.1) is 0 Å². The molecule has 0 saturated carbocycles. The van der Waals surface area contributed by atoms with Crippen molar-refractivity contribution >= 4 is 23.0 Å². The number of para-hydroxylation sites is 2. The SMILES string of the molecule is O=C(O)C1(F)CCN2c3ccccc3N(c3ccc(C(F)(F)F)cc3)CC2C1. The van der Waals surface area contributed by atoms with Gasteiger partial charge in [0.25, 0.3) is 0 Å². The number of anilines is 3. The Labute approximate surface area is 159 Å². The smallest absolute Gasteiger partial charge is 0.416 e. The second kappa shape index (κ2) is 6.39. The first kappa shape index (κ1) is 18.6. The Balaban J connectivity index is 1.71. The number of carbonyl (C=O) groups is 1. The zero-order chi connectivity index (χ0) is 20.1. The molecule has 4 nitrogen and oxygen atoms in total. The highest BCUT2D eigenvalue weighted by atomic mass is 19.4. The molecule has 2 aliphatic rings. The number of hydrogen-bond acceptors (Lipinski definition) is 3. The molecule has 1 N–H and O–H groups in total. The predicted molar refractivity (Wildman–Crippen MR) is 96.7 cm³/mol. The van der Waals surface area contributed by atoms with E-state index in [4.69, 9.17) is 0 Å². The summed E-state index contributed by atoms with van der Waals surface area (Å²) in [5.74, 6) is -1.47. The standard InChI is InChI=1S/C20H18F4N2O2/c21-19(18(27)28)9-10-25-15(11-19)12-26(17-4-2-1-3-16(17)25)14-7-5-13(6-8-14)20(22,23)24/h1-8,15H,9-12H2,(H,27,28). The minimum Gasteiger partial charge on any atom is -0.479 e. The lowest BCUT2D eigenvalue weighted by molar-refractivity contribution is -0.153. The molecule has 1 fully saturated rings. The number of carboxylic acid groups (broad SMARTS) is 1. The number of nitrogens with zero attached hydrogens (tertiary/aromatic N) is 2. The van der Waals surface area contributed by atoms with Gasteiger partial charge in [0, 0.05) is 31.6 Å². The van der Waals surface area contributed by atoms with Gasteiger partial charge in [-0.2, -0.15) is 13.2 Å². The van der Waals surface area contributed by atoms with Crippen LogP contribution in [0.15, 0.2) is 48.5 Å². The summed E-state index contributed by atoms with van der Waals surface area (Å²) < 4.78 is 53.4. The number of carboxylic acids is 1. The maximum atomic E-state index is 14.8. The van der Waals surface area contributed by atoms with Crippen molar-refractivity contribution in [3.05, 3.63) is 54.1 Å². The zero-order valence-corrected chi connectivity index (χ0v) is 14.8. The quantitative estimate of drug-likeness (QED) is 0.755. The van der Waals surface area contributed by atoms with E-state index in [1.165, 1.54) is 12.1 Å². The van der Waals surface area contributed by atoms with E-state index in [0.717, 1.165) is 23.5 Å². The van der Waals surface area contributed by atoms with Crippen LogP contribution in [0, 0.1) is 0 Å². The molecule has 0 spiro atoms. The van der Waals surface area contributed by atoms with Crippen molar-refractivity contribution in [3.63, 3.8) is 0 Å². The van der Waals surface area contributed by atoms with E-state index >= 15 is 0 Å². The van der Waals surface area contributed by atoms with Crippen molar-refractivity contribution in [1.82, 2.24) is 0 Å². The first-order valence-corrected chi connectivity index (χ1v) is 8.92. The van der Waals surface area contributed by atoms with Crippen LogP contribution < -0.4 is 9.80 Å². The number of halogens is 4. The Morgan fingerprint density at radius 1 is 1.07 bits per heavy atom. The highest BCUT2D eigenvalue weighted by Gasteiger charge is 2.48. The maximum absolute atomic E-state index is 14.8. The number of hydrogen-bond donors (Lipinski definition) is 1. The van der Waals surface area contributed by atoms with Crippen LogP contribution in [-0.2, 0) is 11.0 Å². The molecule has 2 unspecified atom stereocenters. The topological polar surface area (TPSA) is 43.8 Å². The third kappa shape index (κ3) is 3.06. The van der Waals surface area contributed by atoms with Crippen molar-refractivity contribution in [2.24, 2.45) is 0 Å². The van der Waals surface area contributed by atoms with E-state index in [1.54, 1.807) is 0 Å². The van der Waals surface area contributed by atoms with E-state index in [2.05, 4.69) is 0 Å². The van der Waals surface area contributed by atoms with Crippen molar-refractivity contribution < 1.29 is 27.5 Å². The van der Waals surface area contributed by atoms with Crippen LogP contribution in [-0.4, -0.2) is 35.9 Å². The van der Waals surface area contributed by atoms with Crippen molar-refractivity contribution in [1.29, 1.82) is 0 Å². The number of piperidine rings is 1. The summed E-state index contributed by atoms with van der Waals surface area (Å²) in [6.45, 7) is 0.562. The van der Waals surface area contributed by atoms with Crippen LogP contribution >= 0.6 is 0 Å². The van der Waals surface area contributed by atoms with Gasteiger partial charge in [-0.05, 0) is 36.4 Å². The molecule has 0 amide bonds. The second-order valence-corrected chi connectivity index (χ2v) is 7.22. The van der Waals surface area contributed by atoms with Crippen molar-refractivity contribution in [2.75, 3.05) is 22.9 Å². The molecular formula is C20H18F4N2O2. The maximum Gasteiger partial charge on any atom is 0.416 e. The lowest BCUT2D eigenvalue weighted by Gasteiger charge is -2.49. The monoisotopic (exact) mass is 394 g/mol. The van der Waals surface area contributed by atoms with Crippen molar-refractivity contribution in [3.8, 4) is 0 Å². The average molecular weight is 394 g/mol. The molecule has 2 heterocycles. The van der Waals surface area contributed by atoms with Gasteiger partial charge in [-0.3, -0.25) is 0 Å². The Bertz CT molecular complexity index is 900. The van der Waals surface area contributed by atoms with Gasteiger partial charge in [-0.1, -0.05) is 12.1 Å². The first-order chi connectivity index (χ1) is 13.2. The molecular weight excluding hydrogens is 376 g/mol. The summed E-state index contributed by atoms with van der Waals surface area (Å²) in [6.07, 6.45) is -4.70. The van der Waals surface area contributed by atoms with Crippen LogP contribution in [0.2, 0.25) is 0 Å². The largest absolute Gasteiger partial charge is 0.479 e. The molecule has 2 aliphatic heterocycles. The summed E-state index contributed by atoms with van der Waals surface area (Å²) in [5, 5.41) is 9.26. The number of benzene rings is 2. The third-order valence-corrected chi connectivity index (χ3v) is 5.51. The highest BCUT2D eigenvalue weighted by molar-refractivity contribution is 5.82. The first-order valence-electron chi connectivity index (χ1n) is 8.92. The zero-order valence-electron chi connectivity index (χ0n) is 14.8. The highest BCUT2D eigenvalue weighted by Crippen LogP contribution is 2.45. The summed E-state index contributed by atoms with van der Waals surface area (Å²) >= 11 is 0. The lowest BCUT2D eigenvalue weighted by Crippen LogP contribution is -2.57. The summed E-state index contributed by atoms with van der Waals surface area (Å²) in [7, 11) is 0. The fourth-order valence-electron chi connectivity index (χ4n) is 4.06. The summed E-state index contributed by atoms with van der Waals surface area (Å²) in [6, 6.07) is 11.8. The molecule has 4 rings (SSSR count). The van der Waals surface area contributed by atoms with Gasteiger partial charge in [0.2, 0.25) is 5.67 Å². The number of alkyl halides is 4. The fraction of sp³-hybridized carbons (Fsp3) is 0.350. The number of rotatable bonds is 2. The second-order valence-electron chi connectivity index (χ2n) is 7.22. The Kier molecular flexibility index (Phi) is 4.24. The van der Waals surface area contributed by atoms with E-state index < -0.39 is 29.4 Å². The molecule has 148 valence electrons. The molecule has 0 aromatic heterocycles. The Morgan fingerprint density at radius 3 is 2.32 bits per heavy atom. The van der Waals surface area contributed by atoms with Gasteiger partial charge in [-0.25, -0.2) is 9.18 Å². The molecule has 2 atom stereocenters. The van der Waals surface area contributed by atoms with Crippen LogP contribution in [0.25, 0.3) is 0 Å². The normalized spacial score (nSPS) is 24.5. The van der Waals surface area contributed by atoms with Gasteiger partial charge in [0.05, 0.1) is 23.0 Å². The molecule has 8 heteroatoms. The number of fused-ring (bicyclic) bond motifs is 3. The van der Waals surface area contributed by atoms with Gasteiger partial charge >= 0.3 is 12.1 Å². The van der Waals surface area contributed by atoms with Crippen molar-refractivity contribution in [2.45, 2.75) is 30.7 Å². The van der Waals surface area contributed by atoms with Crippen LogP contribution in [0.5, 0.6) is 0 Å². The minimum absolute atomic E-state index is 0.104. The van der Waals surface area contributed by atoms with E-state index in [-0.39, 0.29) is 19.4 Å². The van der Waals surface area contributed by atoms with Crippen LogP contribution in [0.4, 0.5) is 34.6 Å². The van der Waals surface area contributed by atoms with Gasteiger partial charge in [0.1, 0.15) is 0 Å². The molecule has 2 aromatic carbocycles. The third-order valence-electron chi connectivity index (χ3n) is 5.51. The predicted octanol–water partition coefficient (Wildman–Crippen LogP) is 4.62. The van der Waals surface area contributed by atoms with Crippen LogP contribution in [0.1, 0.15) is 18.4 Å². The molecule has 0 radical (unpaired) electrons. The summed E-state index contributed by atoms with van der Waals surface area (Å²) in [5.41, 5.74) is -0.856. The Morgan fingerprint density at radius 2 is 1.71 bits per heavy atom. The van der Waals surface area contributed by atoms with Crippen LogP contribution in [0.3, 0.4) is 0 Å². The molecule has 2 aromatic rings. The van der Waals surface area contributed by atoms with E-state index in [1.807, 2.05) is 34.1 Å². The molecule has 0 bridgehead atoms. The lowest BCUT2D eigenvalue weighted by atomic mass is 9.85. The molecule has 0 aliphatic carbocycles. The van der Waals surface area contributed by atoms with Gasteiger partial charge in [0.15, 0.2) is 0 Å². The molecule has 1 saturated heterocycles. The fourth-order valence-corrected chi connectivity index (χ4v) is 4.06. The Hall–Kier alpha value is -2.77. The minimum atomic E-state index is -4.42. The summed E-state index contributed by atoms with van der Waals surface area (Å²) in [4.78, 5) is 15.2.